The molecule has 1 saturated carbocycles. The average Bonchev–Trinajstić information content (AvgIpc) is 2.45. The molecule has 1 rings (SSSR count). The maximum Gasteiger partial charge on any atom is 0.410 e. The summed E-state index contributed by atoms with van der Waals surface area (Å²) < 4.78 is 10.9. The van der Waals surface area contributed by atoms with Crippen LogP contribution in [-0.2, 0) is 9.47 Å². The van der Waals surface area contributed by atoms with E-state index in [9.17, 15) is 4.79 Å². The Bertz CT molecular complexity index is 321. The topological polar surface area (TPSA) is 59.0 Å². The fraction of sp³-hybridized carbons (Fsp3) is 0.941. The van der Waals surface area contributed by atoms with Crippen LogP contribution in [0.4, 0.5) is 4.79 Å². The molecular formula is C17H33NO4. The monoisotopic (exact) mass is 315 g/mol. The lowest BCUT2D eigenvalue weighted by molar-refractivity contribution is -0.00160. The van der Waals surface area contributed by atoms with E-state index in [0.717, 1.165) is 0 Å². The highest BCUT2D eigenvalue weighted by Crippen LogP contribution is 2.29. The Kier molecular flexibility index (Phi) is 8.18. The number of hydrogen-bond donors (Lipinski definition) is 1. The molecule has 0 aromatic rings. The van der Waals surface area contributed by atoms with Gasteiger partial charge in [-0.2, -0.15) is 0 Å². The SMILES string of the molecule is CC(C1CCCCC1)N(CCOCCO)C(=O)OC(C)(C)C. The van der Waals surface area contributed by atoms with Crippen molar-refractivity contribution >= 4 is 6.09 Å². The van der Waals surface area contributed by atoms with Crippen molar-refractivity contribution in [3.05, 3.63) is 0 Å². The molecular weight excluding hydrogens is 282 g/mol. The molecule has 0 saturated heterocycles. The predicted octanol–water partition coefficient (Wildman–Crippen LogP) is 3.20. The number of ether oxygens (including phenoxy) is 2. The van der Waals surface area contributed by atoms with Gasteiger partial charge in [0.2, 0.25) is 0 Å². The van der Waals surface area contributed by atoms with Crippen molar-refractivity contribution in [2.24, 2.45) is 5.92 Å². The van der Waals surface area contributed by atoms with Gasteiger partial charge in [0.15, 0.2) is 0 Å². The van der Waals surface area contributed by atoms with Crippen molar-refractivity contribution in [2.75, 3.05) is 26.4 Å². The molecule has 1 amide bonds. The molecule has 5 heteroatoms. The van der Waals surface area contributed by atoms with E-state index in [4.69, 9.17) is 14.6 Å². The Hall–Kier alpha value is -0.810. The van der Waals surface area contributed by atoms with Crippen molar-refractivity contribution in [2.45, 2.75) is 71.4 Å². The van der Waals surface area contributed by atoms with Gasteiger partial charge in [0, 0.05) is 12.6 Å². The maximum absolute atomic E-state index is 12.5. The Labute approximate surface area is 135 Å². The highest BCUT2D eigenvalue weighted by atomic mass is 16.6. The van der Waals surface area contributed by atoms with Crippen LogP contribution in [0.5, 0.6) is 0 Å². The predicted molar refractivity (Wildman–Crippen MR) is 86.9 cm³/mol. The first-order valence-corrected chi connectivity index (χ1v) is 8.53. The largest absolute Gasteiger partial charge is 0.444 e. The molecule has 130 valence electrons. The van der Waals surface area contributed by atoms with Crippen LogP contribution >= 0.6 is 0 Å². The number of amides is 1. The third-order valence-electron chi connectivity index (χ3n) is 4.16. The number of aliphatic hydroxyl groups excluding tert-OH is 1. The summed E-state index contributed by atoms with van der Waals surface area (Å²) in [6.07, 6.45) is 5.89. The van der Waals surface area contributed by atoms with E-state index in [0.29, 0.717) is 25.7 Å². The van der Waals surface area contributed by atoms with Crippen LogP contribution < -0.4 is 0 Å². The number of carbonyl (C=O) groups is 1. The highest BCUT2D eigenvalue weighted by molar-refractivity contribution is 5.68. The van der Waals surface area contributed by atoms with E-state index in [-0.39, 0.29) is 18.7 Å². The molecule has 1 fully saturated rings. The van der Waals surface area contributed by atoms with Gasteiger partial charge in [-0.05, 0) is 46.5 Å². The van der Waals surface area contributed by atoms with Gasteiger partial charge >= 0.3 is 6.09 Å². The van der Waals surface area contributed by atoms with Gasteiger partial charge in [-0.3, -0.25) is 0 Å². The van der Waals surface area contributed by atoms with E-state index in [2.05, 4.69) is 6.92 Å². The summed E-state index contributed by atoms with van der Waals surface area (Å²) in [6, 6.07) is 0.160. The van der Waals surface area contributed by atoms with Gasteiger partial charge in [-0.25, -0.2) is 4.79 Å². The second kappa shape index (κ2) is 9.36. The molecule has 5 nitrogen and oxygen atoms in total. The van der Waals surface area contributed by atoms with Gasteiger partial charge in [-0.1, -0.05) is 19.3 Å². The lowest BCUT2D eigenvalue weighted by Crippen LogP contribution is -2.47. The van der Waals surface area contributed by atoms with Crippen LogP contribution in [0.3, 0.4) is 0 Å². The van der Waals surface area contributed by atoms with E-state index in [1.807, 2.05) is 20.8 Å². The Morgan fingerprint density at radius 3 is 2.41 bits per heavy atom. The highest BCUT2D eigenvalue weighted by Gasteiger charge is 2.31. The van der Waals surface area contributed by atoms with Crippen LogP contribution in [0.2, 0.25) is 0 Å². The fourth-order valence-electron chi connectivity index (χ4n) is 2.98. The Morgan fingerprint density at radius 1 is 1.23 bits per heavy atom. The summed E-state index contributed by atoms with van der Waals surface area (Å²) in [5.74, 6) is 0.541. The fourth-order valence-corrected chi connectivity index (χ4v) is 2.98. The summed E-state index contributed by atoms with van der Waals surface area (Å²) in [6.45, 7) is 9.02. The van der Waals surface area contributed by atoms with Crippen molar-refractivity contribution < 1.29 is 19.4 Å². The first-order chi connectivity index (χ1) is 10.3. The lowest BCUT2D eigenvalue weighted by Gasteiger charge is -2.37. The molecule has 1 atom stereocenters. The second-order valence-electron chi connectivity index (χ2n) is 7.15. The first kappa shape index (κ1) is 19.2. The average molecular weight is 315 g/mol. The van der Waals surface area contributed by atoms with Crippen molar-refractivity contribution in [1.82, 2.24) is 4.90 Å². The zero-order valence-corrected chi connectivity index (χ0v) is 14.6. The first-order valence-electron chi connectivity index (χ1n) is 8.53. The van der Waals surface area contributed by atoms with Gasteiger partial charge in [0.1, 0.15) is 5.60 Å². The van der Waals surface area contributed by atoms with E-state index >= 15 is 0 Å². The molecule has 0 bridgehead atoms. The van der Waals surface area contributed by atoms with Crippen LogP contribution in [0.25, 0.3) is 0 Å². The lowest BCUT2D eigenvalue weighted by atomic mass is 9.84. The van der Waals surface area contributed by atoms with Crippen LogP contribution in [0.15, 0.2) is 0 Å². The maximum atomic E-state index is 12.5. The zero-order valence-electron chi connectivity index (χ0n) is 14.6. The van der Waals surface area contributed by atoms with Gasteiger partial charge < -0.3 is 19.5 Å². The molecule has 1 unspecified atom stereocenters. The van der Waals surface area contributed by atoms with E-state index in [1.54, 1.807) is 4.90 Å². The second-order valence-corrected chi connectivity index (χ2v) is 7.15. The molecule has 0 spiro atoms. The van der Waals surface area contributed by atoms with E-state index < -0.39 is 5.60 Å². The molecule has 0 aromatic heterocycles. The van der Waals surface area contributed by atoms with Crippen LogP contribution in [0, 0.1) is 5.92 Å². The number of rotatable bonds is 7. The minimum Gasteiger partial charge on any atom is -0.444 e. The Morgan fingerprint density at radius 2 is 1.86 bits per heavy atom. The van der Waals surface area contributed by atoms with Crippen LogP contribution in [0.1, 0.15) is 59.8 Å². The standard InChI is InChI=1S/C17H33NO4/c1-14(15-8-6-5-7-9-15)18(10-12-21-13-11-19)16(20)22-17(2,3)4/h14-15,19H,5-13H2,1-4H3. The molecule has 0 radical (unpaired) electrons. The number of nitrogens with zero attached hydrogens (tertiary/aromatic N) is 1. The number of hydrogen-bond acceptors (Lipinski definition) is 4. The summed E-state index contributed by atoms with van der Waals surface area (Å²) in [5.41, 5.74) is -0.492. The summed E-state index contributed by atoms with van der Waals surface area (Å²) in [7, 11) is 0. The van der Waals surface area contributed by atoms with Crippen molar-refractivity contribution in [3.8, 4) is 0 Å². The quantitative estimate of drug-likeness (QED) is 0.733. The van der Waals surface area contributed by atoms with Crippen molar-refractivity contribution in [3.63, 3.8) is 0 Å². The summed E-state index contributed by atoms with van der Waals surface area (Å²) in [5, 5.41) is 8.78. The minimum absolute atomic E-state index is 0.00458. The van der Waals surface area contributed by atoms with Crippen molar-refractivity contribution in [1.29, 1.82) is 0 Å². The molecule has 1 aliphatic rings. The Balaban J connectivity index is 2.64. The molecule has 0 heterocycles. The van der Waals surface area contributed by atoms with E-state index in [1.165, 1.54) is 32.1 Å². The molecule has 22 heavy (non-hydrogen) atoms. The van der Waals surface area contributed by atoms with Crippen LogP contribution in [-0.4, -0.2) is 54.1 Å². The number of carbonyl (C=O) groups excluding carboxylic acids is 1. The number of aliphatic hydroxyl groups is 1. The third-order valence-corrected chi connectivity index (χ3v) is 4.16. The molecule has 1 N–H and O–H groups in total. The zero-order chi connectivity index (χ0) is 16.6. The van der Waals surface area contributed by atoms with Gasteiger partial charge in [0.05, 0.1) is 19.8 Å². The third kappa shape index (κ3) is 6.97. The van der Waals surface area contributed by atoms with Gasteiger partial charge in [0.25, 0.3) is 0 Å². The minimum atomic E-state index is -0.492. The molecule has 0 aromatic carbocycles. The van der Waals surface area contributed by atoms with Gasteiger partial charge in [-0.15, -0.1) is 0 Å². The molecule has 1 aliphatic carbocycles. The summed E-state index contributed by atoms with van der Waals surface area (Å²) >= 11 is 0. The normalized spacial score (nSPS) is 18.0. The summed E-state index contributed by atoms with van der Waals surface area (Å²) in [4.78, 5) is 14.3. The molecule has 0 aliphatic heterocycles. The smallest absolute Gasteiger partial charge is 0.410 e.